The first kappa shape index (κ1) is 23.4. The van der Waals surface area contributed by atoms with Crippen molar-refractivity contribution in [2.75, 3.05) is 0 Å². The maximum atomic E-state index is 2.44. The molecule has 0 N–H and O–H groups in total. The van der Waals surface area contributed by atoms with Gasteiger partial charge in [-0.25, -0.2) is 0 Å². The summed E-state index contributed by atoms with van der Waals surface area (Å²) in [6.45, 7) is 0. The molecule has 0 fully saturated rings. The zero-order chi connectivity index (χ0) is 28.1. The molecular weight excluding hydrogens is 539 g/mol. The smallest absolute Gasteiger partial charge is 0.0547 e. The van der Waals surface area contributed by atoms with Gasteiger partial charge in [-0.1, -0.05) is 103 Å². The van der Waals surface area contributed by atoms with Gasteiger partial charge in [0.05, 0.1) is 11.0 Å². The number of hydrogen-bond donors (Lipinski definition) is 0. The molecule has 1 aliphatic carbocycles. The van der Waals surface area contributed by atoms with E-state index in [1.165, 1.54) is 91.8 Å². The van der Waals surface area contributed by atoms with Crippen LogP contribution in [0.25, 0.3) is 80.7 Å². The predicted molar refractivity (Wildman–Crippen MR) is 185 cm³/mol. The summed E-state index contributed by atoms with van der Waals surface area (Å²) in [7, 11) is 0. The molecule has 2 aromatic heterocycles. The van der Waals surface area contributed by atoms with Crippen molar-refractivity contribution in [2.45, 2.75) is 6.42 Å². The lowest BCUT2D eigenvalue weighted by Crippen LogP contribution is -1.93. The molecule has 0 atom stereocenters. The Balaban J connectivity index is 1.24. The summed E-state index contributed by atoms with van der Waals surface area (Å²) in [4.78, 5) is 0. The van der Waals surface area contributed by atoms with Crippen molar-refractivity contribution in [3.05, 3.63) is 151 Å². The monoisotopic (exact) mass is 563 g/mol. The molecule has 1 aliphatic rings. The number of benzene rings is 7. The number of thiophene rings is 1. The van der Waals surface area contributed by atoms with Crippen molar-refractivity contribution in [1.29, 1.82) is 0 Å². The van der Waals surface area contributed by atoms with E-state index in [9.17, 15) is 0 Å². The van der Waals surface area contributed by atoms with Gasteiger partial charge in [-0.2, -0.15) is 0 Å². The number of nitrogens with zero attached hydrogens (tertiary/aromatic N) is 1. The Hall–Kier alpha value is -5.18. The maximum Gasteiger partial charge on any atom is 0.0547 e. The number of fused-ring (bicyclic) bond motifs is 13. The van der Waals surface area contributed by atoms with E-state index in [0.717, 1.165) is 6.42 Å². The summed E-state index contributed by atoms with van der Waals surface area (Å²) in [5.74, 6) is 0. The highest BCUT2D eigenvalue weighted by Crippen LogP contribution is 2.50. The van der Waals surface area contributed by atoms with E-state index in [4.69, 9.17) is 0 Å². The third kappa shape index (κ3) is 3.22. The number of hydrogen-bond acceptors (Lipinski definition) is 1. The zero-order valence-electron chi connectivity index (χ0n) is 23.3. The van der Waals surface area contributed by atoms with E-state index < -0.39 is 0 Å². The van der Waals surface area contributed by atoms with E-state index in [-0.39, 0.29) is 0 Å². The summed E-state index contributed by atoms with van der Waals surface area (Å²) in [5.41, 5.74) is 11.9. The van der Waals surface area contributed by atoms with Gasteiger partial charge in [0, 0.05) is 43.1 Å². The van der Waals surface area contributed by atoms with Gasteiger partial charge in [0.25, 0.3) is 0 Å². The molecule has 2 heteroatoms. The molecule has 9 aromatic rings. The van der Waals surface area contributed by atoms with Gasteiger partial charge in [0.2, 0.25) is 0 Å². The van der Waals surface area contributed by atoms with Gasteiger partial charge in [-0.05, 0) is 80.6 Å². The minimum atomic E-state index is 1.01. The Morgan fingerprint density at radius 2 is 1.21 bits per heavy atom. The minimum Gasteiger partial charge on any atom is -0.309 e. The topological polar surface area (TPSA) is 4.93 Å². The summed E-state index contributed by atoms with van der Waals surface area (Å²) >= 11 is 1.96. The molecule has 7 aromatic carbocycles. The number of rotatable bonds is 2. The van der Waals surface area contributed by atoms with Crippen molar-refractivity contribution in [1.82, 2.24) is 4.57 Å². The molecule has 0 radical (unpaired) electrons. The van der Waals surface area contributed by atoms with Gasteiger partial charge in [0.1, 0.15) is 0 Å². The Kier molecular flexibility index (Phi) is 4.72. The Morgan fingerprint density at radius 1 is 0.512 bits per heavy atom. The van der Waals surface area contributed by atoms with Crippen molar-refractivity contribution >= 4 is 64.1 Å². The molecule has 1 nitrogen and oxygen atoms in total. The minimum absolute atomic E-state index is 1.01. The summed E-state index contributed by atoms with van der Waals surface area (Å²) in [5, 5.41) is 8.06. The first-order valence-corrected chi connectivity index (χ1v) is 15.7. The van der Waals surface area contributed by atoms with E-state index in [2.05, 4.69) is 144 Å². The Labute approximate surface area is 252 Å². The van der Waals surface area contributed by atoms with Crippen molar-refractivity contribution in [3.63, 3.8) is 0 Å². The molecule has 0 aliphatic heterocycles. The average molecular weight is 564 g/mol. The zero-order valence-corrected chi connectivity index (χ0v) is 24.2. The highest BCUT2D eigenvalue weighted by atomic mass is 32.1. The van der Waals surface area contributed by atoms with Crippen LogP contribution in [0.2, 0.25) is 0 Å². The second kappa shape index (κ2) is 8.67. The Bertz CT molecular complexity index is 2580. The molecule has 0 saturated heterocycles. The molecule has 0 bridgehead atoms. The molecule has 10 rings (SSSR count). The Morgan fingerprint density at radius 3 is 2.12 bits per heavy atom. The maximum absolute atomic E-state index is 2.44. The lowest BCUT2D eigenvalue weighted by atomic mass is 9.93. The first-order valence-electron chi connectivity index (χ1n) is 14.9. The van der Waals surface area contributed by atoms with Gasteiger partial charge < -0.3 is 4.57 Å². The van der Waals surface area contributed by atoms with Crippen LogP contribution in [0.4, 0.5) is 0 Å². The number of aromatic nitrogens is 1. The van der Waals surface area contributed by atoms with Crippen LogP contribution in [-0.2, 0) is 6.42 Å². The standard InChI is InChI=1S/C41H25NS/c1-2-11-28(12-3-1)42-36-17-9-8-14-30(36)31-20-18-26(24-37(31)42)25-19-21-38-34(22-25)40-33-16-7-6-15-32(33)39-29-13-5-4-10-27(29)23-35(39)41(40)43-38/h1-22,24H,23H2. The molecule has 200 valence electrons. The SMILES string of the molecule is c1ccc(-n2c3ccccc3c3ccc(-c4ccc5sc6c7c(c8ccccc8c6c5c4)-c4ccccc4C7)cc32)cc1. The fourth-order valence-corrected chi connectivity index (χ4v) is 8.79. The van der Waals surface area contributed by atoms with E-state index in [0.29, 0.717) is 0 Å². The third-order valence-electron chi connectivity index (χ3n) is 9.41. The number of para-hydroxylation sites is 2. The molecule has 0 saturated carbocycles. The normalized spacial score (nSPS) is 12.6. The summed E-state index contributed by atoms with van der Waals surface area (Å²) < 4.78 is 5.20. The van der Waals surface area contributed by atoms with Gasteiger partial charge in [-0.3, -0.25) is 0 Å². The van der Waals surface area contributed by atoms with Gasteiger partial charge in [0.15, 0.2) is 0 Å². The fourth-order valence-electron chi connectivity index (χ4n) is 7.54. The highest BCUT2D eigenvalue weighted by Gasteiger charge is 2.26. The second-order valence-corrected chi connectivity index (χ2v) is 12.7. The third-order valence-corrected chi connectivity index (χ3v) is 10.6. The first-order chi connectivity index (χ1) is 21.3. The molecule has 43 heavy (non-hydrogen) atoms. The largest absolute Gasteiger partial charge is 0.309 e. The van der Waals surface area contributed by atoms with Gasteiger partial charge in [-0.15, -0.1) is 11.3 Å². The molecule has 0 amide bonds. The quantitative estimate of drug-likeness (QED) is 0.197. The molecule has 0 unspecified atom stereocenters. The average Bonchev–Trinajstić information content (AvgIpc) is 3.74. The summed E-state index contributed by atoms with van der Waals surface area (Å²) in [6, 6.07) is 51.5. The van der Waals surface area contributed by atoms with Gasteiger partial charge >= 0.3 is 0 Å². The predicted octanol–water partition coefficient (Wildman–Crippen LogP) is 11.5. The molecule has 2 heterocycles. The lowest BCUT2D eigenvalue weighted by Gasteiger charge is -2.10. The van der Waals surface area contributed by atoms with Crippen LogP contribution in [0, 0.1) is 0 Å². The van der Waals surface area contributed by atoms with E-state index in [1.54, 1.807) is 0 Å². The van der Waals surface area contributed by atoms with Crippen LogP contribution >= 0.6 is 11.3 Å². The van der Waals surface area contributed by atoms with Crippen molar-refractivity contribution in [3.8, 4) is 27.9 Å². The van der Waals surface area contributed by atoms with Crippen LogP contribution in [-0.4, -0.2) is 4.57 Å². The van der Waals surface area contributed by atoms with Crippen LogP contribution in [0.15, 0.2) is 140 Å². The van der Waals surface area contributed by atoms with Crippen molar-refractivity contribution in [2.24, 2.45) is 0 Å². The van der Waals surface area contributed by atoms with Crippen LogP contribution < -0.4 is 0 Å². The van der Waals surface area contributed by atoms with Crippen LogP contribution in [0.1, 0.15) is 11.1 Å². The highest BCUT2D eigenvalue weighted by molar-refractivity contribution is 7.26. The second-order valence-electron chi connectivity index (χ2n) is 11.7. The molecular formula is C41H25NS. The summed E-state index contributed by atoms with van der Waals surface area (Å²) in [6.07, 6.45) is 1.01. The molecule has 0 spiro atoms. The van der Waals surface area contributed by atoms with Crippen molar-refractivity contribution < 1.29 is 0 Å². The van der Waals surface area contributed by atoms with E-state index >= 15 is 0 Å². The van der Waals surface area contributed by atoms with Crippen LogP contribution in [0.5, 0.6) is 0 Å². The fraction of sp³-hybridized carbons (Fsp3) is 0.0244. The van der Waals surface area contributed by atoms with Crippen LogP contribution in [0.3, 0.4) is 0 Å². The van der Waals surface area contributed by atoms with E-state index in [1.807, 2.05) is 11.3 Å². The lowest BCUT2D eigenvalue weighted by molar-refractivity contribution is 1.18.